The van der Waals surface area contributed by atoms with Crippen LogP contribution in [0.2, 0.25) is 0 Å². The van der Waals surface area contributed by atoms with Crippen molar-refractivity contribution in [3.63, 3.8) is 0 Å². The number of rotatable bonds is 23. The molecule has 6 rings (SSSR count). The van der Waals surface area contributed by atoms with Crippen LogP contribution >= 0.6 is 0 Å². The van der Waals surface area contributed by atoms with Crippen LogP contribution in [0.5, 0.6) is 0 Å². The third-order valence-corrected chi connectivity index (χ3v) is 12.9. The number of carboxylic acid groups (broad SMARTS) is 1. The quantitative estimate of drug-likeness (QED) is 0.0614. The highest BCUT2D eigenvalue weighted by atomic mass is 16.4. The average Bonchev–Trinajstić information content (AvgIpc) is 4.25. The maximum atomic E-state index is 12.8. The molecule has 0 saturated heterocycles. The van der Waals surface area contributed by atoms with Gasteiger partial charge in [-0.3, -0.25) is 29.1 Å². The van der Waals surface area contributed by atoms with Gasteiger partial charge >= 0.3 is 5.97 Å². The second kappa shape index (κ2) is 26.8. The molecule has 2 fully saturated rings. The summed E-state index contributed by atoms with van der Waals surface area (Å²) in [6.45, 7) is 9.14. The van der Waals surface area contributed by atoms with E-state index in [4.69, 9.17) is 10.8 Å². The number of aliphatic carboxylic acids is 1. The van der Waals surface area contributed by atoms with E-state index in [2.05, 4.69) is 57.1 Å². The molecule has 0 radical (unpaired) electrons. The van der Waals surface area contributed by atoms with Crippen LogP contribution in [0.25, 0.3) is 0 Å². The Hall–Kier alpha value is -5.10. The summed E-state index contributed by atoms with van der Waals surface area (Å²) in [6, 6.07) is 20.4. The van der Waals surface area contributed by atoms with Gasteiger partial charge in [0.1, 0.15) is 0 Å². The van der Waals surface area contributed by atoms with Crippen LogP contribution in [0.15, 0.2) is 85.5 Å². The smallest absolute Gasteiger partial charge is 0.303 e. The van der Waals surface area contributed by atoms with Gasteiger partial charge in [0.2, 0.25) is 5.91 Å². The molecule has 352 valence electrons. The molecule has 4 atom stereocenters. The molecule has 2 aromatic carbocycles. The molecule has 2 aliphatic carbocycles. The number of likely N-dealkylation sites (N-methyl/N-ethyl adjacent to an activating group) is 2. The Morgan fingerprint density at radius 1 is 0.692 bits per heavy atom. The first-order valence-corrected chi connectivity index (χ1v) is 23.7. The molecule has 2 saturated carbocycles. The number of carboxylic acids is 1. The first-order chi connectivity index (χ1) is 31.1. The van der Waals surface area contributed by atoms with E-state index in [0.29, 0.717) is 38.4 Å². The van der Waals surface area contributed by atoms with E-state index < -0.39 is 5.97 Å². The number of ketones is 2. The zero-order valence-electron chi connectivity index (χ0n) is 40.4. The highest BCUT2D eigenvalue weighted by Crippen LogP contribution is 2.40. The number of amides is 1. The Labute approximate surface area is 389 Å². The summed E-state index contributed by atoms with van der Waals surface area (Å²) in [4.78, 5) is 59.8. The fourth-order valence-corrected chi connectivity index (χ4v) is 8.19. The van der Waals surface area contributed by atoms with E-state index in [1.165, 1.54) is 42.4 Å². The highest BCUT2D eigenvalue weighted by molar-refractivity contribution is 5.96. The minimum Gasteiger partial charge on any atom is -0.481 e. The highest BCUT2D eigenvalue weighted by Gasteiger charge is 2.29. The Kier molecular flexibility index (Phi) is 21.6. The SMILES string of the molecule is CCC(=O)c1ccc(C[C@@H](CN)N(C)C)c(C)c1.CCC(=O)c1ccc(C[C@@H](CNC(=O)C[C@@H](CC2CC2)c2cccnc2)N(C)C)c(C)c1.O=C(O)C[C@@H](CC1CC1)c1cccnc1. The maximum Gasteiger partial charge on any atom is 0.303 e. The summed E-state index contributed by atoms with van der Waals surface area (Å²) in [7, 11) is 8.18. The number of carbonyl (C=O) groups is 4. The normalized spacial score (nSPS) is 15.1. The molecule has 11 heteroatoms. The molecule has 2 aromatic heterocycles. The largest absolute Gasteiger partial charge is 0.481 e. The van der Waals surface area contributed by atoms with Crippen LogP contribution in [0.3, 0.4) is 0 Å². The van der Waals surface area contributed by atoms with Crippen molar-refractivity contribution < 1.29 is 24.3 Å². The van der Waals surface area contributed by atoms with E-state index in [1.54, 1.807) is 18.6 Å². The van der Waals surface area contributed by atoms with E-state index in [1.807, 2.05) is 90.7 Å². The second-order valence-corrected chi connectivity index (χ2v) is 18.6. The Balaban J connectivity index is 0.000000236. The molecule has 4 aromatic rings. The number of benzene rings is 2. The van der Waals surface area contributed by atoms with Gasteiger partial charge in [-0.15, -0.1) is 0 Å². The number of Topliss-reactive ketones (excluding diaryl/α,β-unsaturated/α-hetero) is 2. The topological polar surface area (TPSA) is 159 Å². The first kappa shape index (κ1) is 52.5. The van der Waals surface area contributed by atoms with Crippen LogP contribution in [-0.2, 0) is 22.4 Å². The van der Waals surface area contributed by atoms with E-state index in [9.17, 15) is 19.2 Å². The van der Waals surface area contributed by atoms with Crippen LogP contribution in [0.4, 0.5) is 0 Å². The molecule has 0 spiro atoms. The number of hydrogen-bond donors (Lipinski definition) is 3. The fraction of sp³-hybridized carbons (Fsp3) is 0.519. The third kappa shape index (κ3) is 18.4. The molecule has 1 amide bonds. The summed E-state index contributed by atoms with van der Waals surface area (Å²) in [5.41, 5.74) is 14.4. The number of nitrogens with two attached hydrogens (primary N) is 1. The zero-order chi connectivity index (χ0) is 47.5. The number of aryl methyl sites for hydroxylation is 2. The molecule has 0 bridgehead atoms. The zero-order valence-corrected chi connectivity index (χ0v) is 40.4. The molecular weight excluding hydrogens is 813 g/mol. The first-order valence-electron chi connectivity index (χ1n) is 23.7. The van der Waals surface area contributed by atoms with Crippen molar-refractivity contribution in [2.24, 2.45) is 17.6 Å². The number of aromatic nitrogens is 2. The number of carbonyl (C=O) groups excluding carboxylic acids is 3. The standard InChI is InChI=1S/C27H37N3O2.C15H24N2O.C12H15NO2/c1-5-26(31)22-11-10-21(19(2)13-22)15-25(30(3)4)18-29-27(32)16-24(14-20-8-9-20)23-7-6-12-28-17-23;1-5-15(18)13-7-6-12(11(2)8-13)9-14(10-16)17(3)4;14-12(15)7-11(6-9-3-4-9)10-2-1-5-13-8-10/h6-7,10-13,17,20,24-25H,5,8-9,14-16,18H2,1-4H3,(H,29,32);6-8,14H,5,9-10,16H2,1-4H3;1-2,5,8-9,11H,3-4,6-7H2,(H,14,15)/t24-,25+;14-;11-/m101/s1. The summed E-state index contributed by atoms with van der Waals surface area (Å²) >= 11 is 0. The van der Waals surface area contributed by atoms with Crippen molar-refractivity contribution >= 4 is 23.4 Å². The van der Waals surface area contributed by atoms with Gasteiger partial charge in [-0.05, 0) is 149 Å². The third-order valence-electron chi connectivity index (χ3n) is 12.9. The van der Waals surface area contributed by atoms with Crippen molar-refractivity contribution in [3.05, 3.63) is 130 Å². The lowest BCUT2D eigenvalue weighted by atomic mass is 9.91. The summed E-state index contributed by atoms with van der Waals surface area (Å²) < 4.78 is 0. The number of hydrogen-bond acceptors (Lipinski definition) is 9. The van der Waals surface area contributed by atoms with Gasteiger partial charge in [0.15, 0.2) is 11.6 Å². The number of nitrogens with zero attached hydrogens (tertiary/aromatic N) is 4. The molecule has 65 heavy (non-hydrogen) atoms. The van der Waals surface area contributed by atoms with Crippen LogP contribution < -0.4 is 11.1 Å². The van der Waals surface area contributed by atoms with E-state index in [0.717, 1.165) is 65.3 Å². The van der Waals surface area contributed by atoms with Crippen molar-refractivity contribution in [1.29, 1.82) is 0 Å². The number of nitrogens with one attached hydrogen (secondary N) is 1. The predicted molar refractivity (Wildman–Crippen MR) is 262 cm³/mol. The molecule has 11 nitrogen and oxygen atoms in total. The minimum absolute atomic E-state index is 0.104. The van der Waals surface area contributed by atoms with Gasteiger partial charge in [0.05, 0.1) is 6.42 Å². The lowest BCUT2D eigenvalue weighted by Gasteiger charge is -2.26. The van der Waals surface area contributed by atoms with Gasteiger partial charge in [-0.25, -0.2) is 0 Å². The van der Waals surface area contributed by atoms with Crippen LogP contribution in [-0.4, -0.2) is 102 Å². The summed E-state index contributed by atoms with van der Waals surface area (Å²) in [5.74, 6) is 1.64. The second-order valence-electron chi connectivity index (χ2n) is 18.6. The molecule has 4 N–H and O–H groups in total. The summed E-state index contributed by atoms with van der Waals surface area (Å²) in [6.07, 6.45) is 17.9. The van der Waals surface area contributed by atoms with E-state index in [-0.39, 0.29) is 41.8 Å². The predicted octanol–water partition coefficient (Wildman–Crippen LogP) is 9.00. The molecule has 2 aliphatic rings. The Morgan fingerprint density at radius 2 is 1.14 bits per heavy atom. The molecule has 0 aliphatic heterocycles. The number of pyridine rings is 2. The van der Waals surface area contributed by atoms with Crippen molar-refractivity contribution in [3.8, 4) is 0 Å². The fourth-order valence-electron chi connectivity index (χ4n) is 8.19. The van der Waals surface area contributed by atoms with Crippen LogP contribution in [0.1, 0.15) is 144 Å². The average molecular weight is 889 g/mol. The monoisotopic (exact) mass is 889 g/mol. The van der Waals surface area contributed by atoms with Gasteiger partial charge in [-0.2, -0.15) is 0 Å². The van der Waals surface area contributed by atoms with Crippen molar-refractivity contribution in [2.75, 3.05) is 41.3 Å². The van der Waals surface area contributed by atoms with Gasteiger partial charge in [0.25, 0.3) is 0 Å². The van der Waals surface area contributed by atoms with Gasteiger partial charge in [-0.1, -0.05) is 75.9 Å². The minimum atomic E-state index is -0.718. The van der Waals surface area contributed by atoms with Gasteiger partial charge < -0.3 is 26.0 Å². The Bertz CT molecular complexity index is 2100. The molecular formula is C54H76N6O5. The molecule has 2 heterocycles. The van der Waals surface area contributed by atoms with E-state index >= 15 is 0 Å². The summed E-state index contributed by atoms with van der Waals surface area (Å²) in [5, 5.41) is 12.0. The lowest BCUT2D eigenvalue weighted by Crippen LogP contribution is -2.42. The molecule has 0 unspecified atom stereocenters. The van der Waals surface area contributed by atoms with Crippen molar-refractivity contribution in [1.82, 2.24) is 25.1 Å². The van der Waals surface area contributed by atoms with Crippen LogP contribution in [0, 0.1) is 25.7 Å². The van der Waals surface area contributed by atoms with Gasteiger partial charge in [0, 0.05) is 80.3 Å². The lowest BCUT2D eigenvalue weighted by molar-refractivity contribution is -0.137. The Morgan fingerprint density at radius 3 is 1.49 bits per heavy atom. The maximum absolute atomic E-state index is 12.8. The van der Waals surface area contributed by atoms with Crippen molar-refractivity contribution in [2.45, 2.75) is 129 Å².